The number of halogens is 3. The van der Waals surface area contributed by atoms with Gasteiger partial charge in [-0.25, -0.2) is 8.42 Å². The summed E-state index contributed by atoms with van der Waals surface area (Å²) in [5.74, 6) is -0.995. The first-order chi connectivity index (χ1) is 18.3. The maximum absolute atomic E-state index is 13.9. The van der Waals surface area contributed by atoms with Crippen LogP contribution in [0.25, 0.3) is 0 Å². The average Bonchev–Trinajstić information content (AvgIpc) is 2.86. The molecule has 0 bridgehead atoms. The summed E-state index contributed by atoms with van der Waals surface area (Å²) in [7, 11) is -4.16. The molecule has 39 heavy (non-hydrogen) atoms. The van der Waals surface area contributed by atoms with Crippen LogP contribution in [-0.4, -0.2) is 43.8 Å². The highest BCUT2D eigenvalue weighted by molar-refractivity contribution is 9.10. The predicted molar refractivity (Wildman–Crippen MR) is 160 cm³/mol. The van der Waals surface area contributed by atoms with Crippen LogP contribution in [0.4, 0.5) is 5.69 Å². The van der Waals surface area contributed by atoms with Crippen molar-refractivity contribution in [1.29, 1.82) is 0 Å². The van der Waals surface area contributed by atoms with Crippen LogP contribution in [-0.2, 0) is 26.2 Å². The minimum Gasteiger partial charge on any atom is -0.352 e. The van der Waals surface area contributed by atoms with E-state index in [0.717, 1.165) is 9.87 Å². The Bertz CT molecular complexity index is 1430. The zero-order valence-corrected chi connectivity index (χ0v) is 25.9. The molecule has 0 saturated carbocycles. The SMILES string of the molecule is Cc1ccc(S(=O)(=O)N(CC(=O)N(Cc2c(Cl)cccc2Cl)[C@H](C)C(=O)NC(C)C)c2cccc(Br)c2)cc1. The molecule has 3 aromatic carbocycles. The van der Waals surface area contributed by atoms with Crippen LogP contribution in [0.5, 0.6) is 0 Å². The third-order valence-corrected chi connectivity index (χ3v) is 8.96. The average molecular weight is 655 g/mol. The monoisotopic (exact) mass is 653 g/mol. The van der Waals surface area contributed by atoms with Crippen LogP contribution >= 0.6 is 39.1 Å². The molecule has 11 heteroatoms. The van der Waals surface area contributed by atoms with E-state index in [0.29, 0.717) is 20.1 Å². The molecule has 0 aliphatic rings. The van der Waals surface area contributed by atoms with Crippen molar-refractivity contribution >= 4 is 66.7 Å². The van der Waals surface area contributed by atoms with E-state index in [1.165, 1.54) is 17.0 Å². The maximum Gasteiger partial charge on any atom is 0.264 e. The van der Waals surface area contributed by atoms with Crippen molar-refractivity contribution in [2.75, 3.05) is 10.8 Å². The number of sulfonamides is 1. The predicted octanol–water partition coefficient (Wildman–Crippen LogP) is 6.20. The molecule has 0 heterocycles. The van der Waals surface area contributed by atoms with Crippen LogP contribution in [0.2, 0.25) is 10.0 Å². The van der Waals surface area contributed by atoms with Crippen molar-refractivity contribution in [3.05, 3.63) is 92.4 Å². The quantitative estimate of drug-likeness (QED) is 0.282. The lowest BCUT2D eigenvalue weighted by Gasteiger charge is -2.32. The molecule has 0 aliphatic carbocycles. The Labute approximate surface area is 248 Å². The highest BCUT2D eigenvalue weighted by Crippen LogP contribution is 2.29. The van der Waals surface area contributed by atoms with Crippen molar-refractivity contribution in [3.8, 4) is 0 Å². The summed E-state index contributed by atoms with van der Waals surface area (Å²) in [6.45, 7) is 6.40. The van der Waals surface area contributed by atoms with Gasteiger partial charge in [0, 0.05) is 32.7 Å². The number of carbonyl (C=O) groups is 2. The van der Waals surface area contributed by atoms with Crippen molar-refractivity contribution in [3.63, 3.8) is 0 Å². The molecule has 2 amide bonds. The number of benzene rings is 3. The van der Waals surface area contributed by atoms with Gasteiger partial charge < -0.3 is 10.2 Å². The van der Waals surface area contributed by atoms with Gasteiger partial charge in [-0.2, -0.15) is 0 Å². The largest absolute Gasteiger partial charge is 0.352 e. The van der Waals surface area contributed by atoms with Crippen molar-refractivity contribution in [1.82, 2.24) is 10.2 Å². The molecule has 7 nitrogen and oxygen atoms in total. The van der Waals surface area contributed by atoms with E-state index in [1.54, 1.807) is 61.5 Å². The fraction of sp³-hybridized carbons (Fsp3) is 0.286. The minimum atomic E-state index is -4.16. The van der Waals surface area contributed by atoms with E-state index in [4.69, 9.17) is 23.2 Å². The Morgan fingerprint density at radius 1 is 0.949 bits per heavy atom. The van der Waals surface area contributed by atoms with Gasteiger partial charge in [-0.1, -0.05) is 69.0 Å². The van der Waals surface area contributed by atoms with Gasteiger partial charge in [0.25, 0.3) is 10.0 Å². The number of hydrogen-bond acceptors (Lipinski definition) is 4. The van der Waals surface area contributed by atoms with Crippen LogP contribution in [0.15, 0.2) is 76.1 Å². The van der Waals surface area contributed by atoms with Gasteiger partial charge in [0.1, 0.15) is 12.6 Å². The number of nitrogens with zero attached hydrogens (tertiary/aromatic N) is 2. The molecule has 0 radical (unpaired) electrons. The Hall–Kier alpha value is -2.59. The second kappa shape index (κ2) is 13.2. The zero-order valence-electron chi connectivity index (χ0n) is 22.0. The number of amides is 2. The fourth-order valence-corrected chi connectivity index (χ4v) is 6.15. The molecule has 0 aromatic heterocycles. The Kier molecular flexibility index (Phi) is 10.5. The van der Waals surface area contributed by atoms with Gasteiger partial charge in [-0.3, -0.25) is 13.9 Å². The van der Waals surface area contributed by atoms with Crippen LogP contribution in [0.1, 0.15) is 31.9 Å². The van der Waals surface area contributed by atoms with Gasteiger partial charge in [0.15, 0.2) is 0 Å². The first-order valence-corrected chi connectivity index (χ1v) is 15.2. The molecule has 3 rings (SSSR count). The lowest BCUT2D eigenvalue weighted by molar-refractivity contribution is -0.139. The van der Waals surface area contributed by atoms with Crippen molar-refractivity contribution in [2.24, 2.45) is 0 Å². The smallest absolute Gasteiger partial charge is 0.264 e. The van der Waals surface area contributed by atoms with E-state index in [1.807, 2.05) is 20.8 Å². The second-order valence-corrected chi connectivity index (χ2v) is 13.0. The van der Waals surface area contributed by atoms with Gasteiger partial charge in [-0.15, -0.1) is 0 Å². The minimum absolute atomic E-state index is 0.0344. The topological polar surface area (TPSA) is 86.8 Å². The summed E-state index contributed by atoms with van der Waals surface area (Å²) >= 11 is 16.2. The third-order valence-electron chi connectivity index (χ3n) is 5.97. The molecule has 0 saturated heterocycles. The highest BCUT2D eigenvalue weighted by atomic mass is 79.9. The lowest BCUT2D eigenvalue weighted by Crippen LogP contribution is -2.52. The van der Waals surface area contributed by atoms with Gasteiger partial charge in [0.05, 0.1) is 10.6 Å². The molecule has 0 aliphatic heterocycles. The number of hydrogen-bond donors (Lipinski definition) is 1. The molecule has 0 fully saturated rings. The summed E-state index contributed by atoms with van der Waals surface area (Å²) in [5.41, 5.74) is 1.63. The van der Waals surface area contributed by atoms with Crippen molar-refractivity contribution in [2.45, 2.75) is 51.2 Å². The summed E-state index contributed by atoms with van der Waals surface area (Å²) in [6, 6.07) is 16.9. The maximum atomic E-state index is 13.9. The van der Waals surface area contributed by atoms with Crippen molar-refractivity contribution < 1.29 is 18.0 Å². The summed E-state index contributed by atoms with van der Waals surface area (Å²) in [5, 5.41) is 3.46. The Morgan fingerprint density at radius 3 is 2.10 bits per heavy atom. The van der Waals surface area contributed by atoms with E-state index in [-0.39, 0.29) is 23.2 Å². The van der Waals surface area contributed by atoms with Gasteiger partial charge >= 0.3 is 0 Å². The number of aryl methyl sites for hydroxylation is 1. The molecule has 0 spiro atoms. The van der Waals surface area contributed by atoms with Gasteiger partial charge in [-0.05, 0) is 70.2 Å². The Morgan fingerprint density at radius 2 is 1.54 bits per heavy atom. The van der Waals surface area contributed by atoms with E-state index < -0.39 is 34.4 Å². The molecule has 208 valence electrons. The molecule has 1 atom stereocenters. The summed E-state index contributed by atoms with van der Waals surface area (Å²) in [4.78, 5) is 28.3. The number of rotatable bonds is 10. The molecular weight excluding hydrogens is 625 g/mol. The summed E-state index contributed by atoms with van der Waals surface area (Å²) < 4.78 is 29.4. The van der Waals surface area contributed by atoms with Crippen LogP contribution in [0.3, 0.4) is 0 Å². The van der Waals surface area contributed by atoms with E-state index in [9.17, 15) is 18.0 Å². The van der Waals surface area contributed by atoms with Crippen LogP contribution < -0.4 is 9.62 Å². The molecular formula is C28H30BrCl2N3O4S. The fourth-order valence-electron chi connectivity index (χ4n) is 3.84. The van der Waals surface area contributed by atoms with E-state index in [2.05, 4.69) is 21.2 Å². The third kappa shape index (κ3) is 7.75. The number of anilines is 1. The lowest BCUT2D eigenvalue weighted by atomic mass is 10.1. The highest BCUT2D eigenvalue weighted by Gasteiger charge is 2.33. The molecule has 3 aromatic rings. The molecule has 1 N–H and O–H groups in total. The van der Waals surface area contributed by atoms with Crippen LogP contribution in [0, 0.1) is 6.92 Å². The van der Waals surface area contributed by atoms with Gasteiger partial charge in [0.2, 0.25) is 11.8 Å². The molecule has 0 unspecified atom stereocenters. The number of carbonyl (C=O) groups excluding carboxylic acids is 2. The first kappa shape index (κ1) is 30.9. The summed E-state index contributed by atoms with van der Waals surface area (Å²) in [6.07, 6.45) is 0. The standard InChI is InChI=1S/C28H30BrCl2N3O4S/c1-18(2)32-28(36)20(4)33(16-24-25(30)9-6-10-26(24)31)27(35)17-34(22-8-5-7-21(29)15-22)39(37,38)23-13-11-19(3)12-14-23/h5-15,18,20H,16-17H2,1-4H3,(H,32,36)/t20-/m1/s1. The first-order valence-electron chi connectivity index (χ1n) is 12.2. The second-order valence-electron chi connectivity index (χ2n) is 9.37. The zero-order chi connectivity index (χ0) is 28.9. The Balaban J connectivity index is 2.07. The number of nitrogens with one attached hydrogen (secondary N) is 1. The van der Waals surface area contributed by atoms with E-state index >= 15 is 0 Å². The normalized spacial score (nSPS) is 12.2.